The van der Waals surface area contributed by atoms with Gasteiger partial charge in [-0.05, 0) is 0 Å². The first-order valence-electron chi connectivity index (χ1n) is 2.26. The summed E-state index contributed by atoms with van der Waals surface area (Å²) in [7, 11) is 0. The number of benzene rings is 1. The van der Waals surface area contributed by atoms with Crippen LogP contribution < -0.4 is 3.87 Å². The molecule has 0 heterocycles. The van der Waals surface area contributed by atoms with Gasteiger partial charge in [-0.1, -0.05) is 0 Å². The summed E-state index contributed by atoms with van der Waals surface area (Å²) in [5.74, 6) is -0.162. The third-order valence-corrected chi connectivity index (χ3v) is 1.31. The first-order valence-corrected chi connectivity index (χ1v) is 3.04. The Bertz CT molecular complexity index is 168. The molecule has 0 aliphatic rings. The van der Waals surface area contributed by atoms with Crippen LogP contribution in [0.25, 0.3) is 0 Å². The fraction of sp³-hybridized carbons (Fsp3) is 0. The predicted molar refractivity (Wildman–Crippen MR) is 26.0 cm³/mol. The molecule has 1 aromatic carbocycles. The average Bonchev–Trinajstić information content (AvgIpc) is 1.64. The van der Waals surface area contributed by atoms with E-state index in [-0.39, 0.29) is 5.82 Å². The van der Waals surface area contributed by atoms with E-state index in [9.17, 15) is 4.39 Å². The van der Waals surface area contributed by atoms with Crippen LogP contribution in [0.3, 0.4) is 0 Å². The summed E-state index contributed by atoms with van der Waals surface area (Å²) >= 11 is 1.86. The van der Waals surface area contributed by atoms with Crippen molar-refractivity contribution in [3.8, 4) is 0 Å². The Labute approximate surface area is 59.1 Å². The molecule has 1 rings (SSSR count). The van der Waals surface area contributed by atoms with Crippen LogP contribution in [-0.4, -0.2) is 0 Å². The maximum absolute atomic E-state index is 12.2. The van der Waals surface area contributed by atoms with Gasteiger partial charge in [0.05, 0.1) is 0 Å². The molecular formula is C6H4FTi. The van der Waals surface area contributed by atoms with Crippen LogP contribution in [0.5, 0.6) is 0 Å². The molecule has 0 spiro atoms. The zero-order valence-electron chi connectivity index (χ0n) is 4.19. The molecule has 0 aliphatic carbocycles. The maximum atomic E-state index is 12.2. The van der Waals surface area contributed by atoms with Crippen molar-refractivity contribution in [3.05, 3.63) is 30.1 Å². The normalized spacial score (nSPS) is 9.00. The Balaban J connectivity index is 3.08. The number of hydrogen-bond acceptors (Lipinski definition) is 0. The molecule has 8 heavy (non-hydrogen) atoms. The Morgan fingerprint density at radius 3 is 2.50 bits per heavy atom. The van der Waals surface area contributed by atoms with E-state index in [4.69, 9.17) is 0 Å². The molecule has 0 amide bonds. The van der Waals surface area contributed by atoms with Crippen LogP contribution >= 0.6 is 0 Å². The SMILES string of the molecule is Fc1ccc[c]([Ti])c1. The van der Waals surface area contributed by atoms with Crippen molar-refractivity contribution in [3.63, 3.8) is 0 Å². The molecule has 0 atom stereocenters. The summed E-state index contributed by atoms with van der Waals surface area (Å²) < 4.78 is 13.1. The van der Waals surface area contributed by atoms with Crippen LogP contribution in [0.1, 0.15) is 0 Å². The van der Waals surface area contributed by atoms with E-state index in [1.807, 2.05) is 26.5 Å². The molecule has 39 valence electrons. The van der Waals surface area contributed by atoms with Crippen LogP contribution in [-0.2, 0) is 20.4 Å². The van der Waals surface area contributed by atoms with E-state index < -0.39 is 0 Å². The van der Waals surface area contributed by atoms with Crippen LogP contribution in [0, 0.1) is 5.82 Å². The second kappa shape index (κ2) is 2.43. The van der Waals surface area contributed by atoms with Crippen molar-refractivity contribution in [1.82, 2.24) is 0 Å². The van der Waals surface area contributed by atoms with Gasteiger partial charge in [0.25, 0.3) is 0 Å². The number of rotatable bonds is 0. The zero-order valence-corrected chi connectivity index (χ0v) is 5.75. The molecule has 0 aromatic heterocycles. The molecule has 0 bridgehead atoms. The quantitative estimate of drug-likeness (QED) is 0.475. The van der Waals surface area contributed by atoms with E-state index in [2.05, 4.69) is 0 Å². The number of halogens is 1. The fourth-order valence-corrected chi connectivity index (χ4v) is 0.854. The molecule has 0 radical (unpaired) electrons. The molecule has 1 aromatic rings. The van der Waals surface area contributed by atoms with E-state index in [0.717, 1.165) is 3.87 Å². The summed E-state index contributed by atoms with van der Waals surface area (Å²) in [6, 6.07) is 6.50. The van der Waals surface area contributed by atoms with Gasteiger partial charge in [0.15, 0.2) is 0 Å². The van der Waals surface area contributed by atoms with Crippen LogP contribution in [0.2, 0.25) is 0 Å². The molecule has 0 nitrogen and oxygen atoms in total. The predicted octanol–water partition coefficient (Wildman–Crippen LogP) is 0.998. The fourth-order valence-electron chi connectivity index (χ4n) is 0.488. The van der Waals surface area contributed by atoms with Crippen molar-refractivity contribution in [2.24, 2.45) is 0 Å². The summed E-state index contributed by atoms with van der Waals surface area (Å²) in [5, 5.41) is 0. The van der Waals surface area contributed by atoms with Gasteiger partial charge in [-0.2, -0.15) is 0 Å². The Morgan fingerprint density at radius 1 is 1.38 bits per heavy atom. The average molecular weight is 143 g/mol. The van der Waals surface area contributed by atoms with Gasteiger partial charge >= 0.3 is 58.8 Å². The molecule has 0 aliphatic heterocycles. The van der Waals surface area contributed by atoms with Gasteiger partial charge in [0.1, 0.15) is 0 Å². The van der Waals surface area contributed by atoms with Gasteiger partial charge in [-0.3, -0.25) is 0 Å². The van der Waals surface area contributed by atoms with Gasteiger partial charge in [-0.15, -0.1) is 0 Å². The molecule has 0 saturated heterocycles. The van der Waals surface area contributed by atoms with Gasteiger partial charge in [0.2, 0.25) is 0 Å². The molecule has 2 heteroatoms. The van der Waals surface area contributed by atoms with Gasteiger partial charge in [0, 0.05) is 0 Å². The third kappa shape index (κ3) is 1.43. The van der Waals surface area contributed by atoms with E-state index in [1.54, 1.807) is 6.07 Å². The standard InChI is InChI=1S/C6H4F.Ti/c7-6-4-2-1-3-5-6;/h1-2,4-5H;. The van der Waals surface area contributed by atoms with Crippen molar-refractivity contribution >= 4 is 3.87 Å². The third-order valence-electron chi connectivity index (χ3n) is 0.825. The second-order valence-corrected chi connectivity index (χ2v) is 2.41. The summed E-state index contributed by atoms with van der Waals surface area (Å²) in [4.78, 5) is 0. The minimum atomic E-state index is -0.162. The van der Waals surface area contributed by atoms with Crippen molar-refractivity contribution < 1.29 is 24.8 Å². The summed E-state index contributed by atoms with van der Waals surface area (Å²) in [6.45, 7) is 0. The van der Waals surface area contributed by atoms with Crippen LogP contribution in [0.15, 0.2) is 24.3 Å². The second-order valence-electron chi connectivity index (χ2n) is 1.51. The van der Waals surface area contributed by atoms with E-state index >= 15 is 0 Å². The zero-order chi connectivity index (χ0) is 5.98. The summed E-state index contributed by atoms with van der Waals surface area (Å²) in [6.07, 6.45) is 0. The minimum absolute atomic E-state index is 0.162. The van der Waals surface area contributed by atoms with Gasteiger partial charge < -0.3 is 0 Å². The Kier molecular flexibility index (Phi) is 1.82. The van der Waals surface area contributed by atoms with Crippen LogP contribution in [0.4, 0.5) is 4.39 Å². The topological polar surface area (TPSA) is 0 Å². The van der Waals surface area contributed by atoms with Crippen molar-refractivity contribution in [2.45, 2.75) is 0 Å². The Hall–Kier alpha value is -0.136. The van der Waals surface area contributed by atoms with Gasteiger partial charge in [-0.25, -0.2) is 0 Å². The summed E-state index contributed by atoms with van der Waals surface area (Å²) in [5.41, 5.74) is 0. The monoisotopic (exact) mass is 143 g/mol. The molecular weight excluding hydrogens is 139 g/mol. The van der Waals surface area contributed by atoms with E-state index in [1.165, 1.54) is 12.1 Å². The van der Waals surface area contributed by atoms with Crippen molar-refractivity contribution in [1.29, 1.82) is 0 Å². The first kappa shape index (κ1) is 5.99. The molecule has 0 saturated carbocycles. The first-order chi connectivity index (χ1) is 3.79. The molecule has 0 unspecified atom stereocenters. The Morgan fingerprint density at radius 2 is 2.12 bits per heavy atom. The van der Waals surface area contributed by atoms with E-state index in [0.29, 0.717) is 0 Å². The molecule has 0 N–H and O–H groups in total. The number of hydrogen-bond donors (Lipinski definition) is 0. The van der Waals surface area contributed by atoms with Crippen molar-refractivity contribution in [2.75, 3.05) is 0 Å². The molecule has 0 fully saturated rings.